The maximum atomic E-state index is 14.2. The van der Waals surface area contributed by atoms with Crippen LogP contribution in [0.15, 0.2) is 30.6 Å². The summed E-state index contributed by atoms with van der Waals surface area (Å²) in [7, 11) is 1.77. The van der Waals surface area contributed by atoms with Gasteiger partial charge in [0, 0.05) is 76.0 Å². The Bertz CT molecular complexity index is 1280. The van der Waals surface area contributed by atoms with Crippen molar-refractivity contribution < 1.29 is 24.2 Å². The van der Waals surface area contributed by atoms with Crippen LogP contribution in [-0.4, -0.2) is 133 Å². The van der Waals surface area contributed by atoms with Crippen LogP contribution < -0.4 is 10.6 Å². The molecule has 1 aromatic carbocycles. The number of halogens is 1. The van der Waals surface area contributed by atoms with E-state index in [0.29, 0.717) is 83.6 Å². The van der Waals surface area contributed by atoms with Crippen molar-refractivity contribution in [3.05, 3.63) is 52.4 Å². The van der Waals surface area contributed by atoms with Crippen molar-refractivity contribution >= 4 is 29.2 Å². The number of ether oxygens (including phenoxy) is 2. The number of carbonyl (C=O) groups is 2. The smallest absolute Gasteiger partial charge is 0.248 e. The zero-order chi connectivity index (χ0) is 33.2. The number of hydrogen-bond acceptors (Lipinski definition) is 10. The molecular formula is C33H50ClN7O5. The number of aliphatic hydroxyl groups is 1. The van der Waals surface area contributed by atoms with E-state index in [1.54, 1.807) is 11.9 Å². The van der Waals surface area contributed by atoms with Crippen LogP contribution >= 0.6 is 11.6 Å². The normalized spacial score (nSPS) is 18.7. The average Bonchev–Trinajstić information content (AvgIpc) is 3.35. The second-order valence-corrected chi connectivity index (χ2v) is 12.9. The van der Waals surface area contributed by atoms with Crippen LogP contribution in [0.25, 0.3) is 0 Å². The van der Waals surface area contributed by atoms with E-state index >= 15 is 0 Å². The van der Waals surface area contributed by atoms with E-state index in [9.17, 15) is 14.7 Å². The molecule has 12 nitrogen and oxygen atoms in total. The molecule has 13 heteroatoms. The van der Waals surface area contributed by atoms with Crippen LogP contribution in [0.1, 0.15) is 62.0 Å². The molecule has 3 N–H and O–H groups in total. The van der Waals surface area contributed by atoms with Gasteiger partial charge in [-0.15, -0.1) is 0 Å². The van der Waals surface area contributed by atoms with E-state index in [-0.39, 0.29) is 30.4 Å². The molecule has 254 valence electrons. The number of nitrogens with two attached hydrogens (primary N) is 1. The zero-order valence-electron chi connectivity index (χ0n) is 27.6. The number of carbonyl (C=O) groups excluding carboxylic acids is 2. The first-order chi connectivity index (χ1) is 22.1. The van der Waals surface area contributed by atoms with Gasteiger partial charge in [0.25, 0.3) is 0 Å². The van der Waals surface area contributed by atoms with Crippen LogP contribution in [0, 0.1) is 0 Å². The number of hydrogen-bond donors (Lipinski definition) is 2. The monoisotopic (exact) mass is 659 g/mol. The second kappa shape index (κ2) is 17.3. The molecule has 2 heterocycles. The summed E-state index contributed by atoms with van der Waals surface area (Å²) < 4.78 is 10.7. The fourth-order valence-electron chi connectivity index (χ4n) is 6.11. The van der Waals surface area contributed by atoms with Crippen molar-refractivity contribution in [2.75, 3.05) is 90.7 Å². The first kappa shape index (κ1) is 36.0. The highest BCUT2D eigenvalue weighted by molar-refractivity contribution is 6.30. The number of benzene rings is 1. The van der Waals surface area contributed by atoms with Crippen molar-refractivity contribution in [3.63, 3.8) is 0 Å². The van der Waals surface area contributed by atoms with E-state index in [1.165, 1.54) is 6.33 Å². The number of nitrogens with zero attached hydrogens (tertiary/aromatic N) is 6. The lowest BCUT2D eigenvalue weighted by Gasteiger charge is -2.39. The first-order valence-corrected chi connectivity index (χ1v) is 16.6. The molecule has 0 bridgehead atoms. The summed E-state index contributed by atoms with van der Waals surface area (Å²) in [6.45, 7) is 12.0. The highest BCUT2D eigenvalue weighted by Gasteiger charge is 2.35. The Kier molecular flexibility index (Phi) is 13.6. The summed E-state index contributed by atoms with van der Waals surface area (Å²) >= 11 is 6.22. The number of aromatic nitrogens is 2. The van der Waals surface area contributed by atoms with Crippen LogP contribution in [0.5, 0.6) is 0 Å². The number of fused-ring (bicyclic) bond motifs is 1. The van der Waals surface area contributed by atoms with Gasteiger partial charge >= 0.3 is 0 Å². The molecule has 1 fully saturated rings. The first-order valence-electron chi connectivity index (χ1n) is 16.3. The molecular weight excluding hydrogens is 610 g/mol. The Morgan fingerprint density at radius 3 is 2.43 bits per heavy atom. The molecule has 4 rings (SSSR count). The van der Waals surface area contributed by atoms with Gasteiger partial charge in [0.2, 0.25) is 11.8 Å². The summed E-state index contributed by atoms with van der Waals surface area (Å²) in [6, 6.07) is 7.67. The third kappa shape index (κ3) is 9.36. The molecule has 2 aromatic rings. The van der Waals surface area contributed by atoms with E-state index in [0.717, 1.165) is 22.6 Å². The van der Waals surface area contributed by atoms with Crippen molar-refractivity contribution in [1.82, 2.24) is 24.7 Å². The van der Waals surface area contributed by atoms with Gasteiger partial charge in [0.05, 0.1) is 37.5 Å². The number of aliphatic hydroxyl groups excluding tert-OH is 1. The maximum absolute atomic E-state index is 14.2. The Hall–Kier alpha value is -2.87. The zero-order valence-corrected chi connectivity index (χ0v) is 28.4. The molecule has 1 unspecified atom stereocenters. The lowest BCUT2D eigenvalue weighted by Crippen LogP contribution is -2.52. The maximum Gasteiger partial charge on any atom is 0.248 e. The Morgan fingerprint density at radius 1 is 1.07 bits per heavy atom. The molecule has 2 aliphatic rings. The number of amides is 2. The topological polar surface area (TPSA) is 138 Å². The molecule has 1 saturated heterocycles. The van der Waals surface area contributed by atoms with Gasteiger partial charge in [-0.1, -0.05) is 30.7 Å². The Labute approximate surface area is 277 Å². The molecule has 0 spiro atoms. The summed E-state index contributed by atoms with van der Waals surface area (Å²) in [6.07, 6.45) is 1.62. The molecule has 1 aliphatic heterocycles. The minimum atomic E-state index is -0.559. The molecule has 3 atom stereocenters. The average molecular weight is 660 g/mol. The molecule has 0 saturated carbocycles. The van der Waals surface area contributed by atoms with Gasteiger partial charge in [0.15, 0.2) is 0 Å². The largest absolute Gasteiger partial charge is 0.387 e. The molecule has 2 amide bonds. The van der Waals surface area contributed by atoms with E-state index in [2.05, 4.69) is 40.5 Å². The lowest BCUT2D eigenvalue weighted by atomic mass is 9.95. The van der Waals surface area contributed by atoms with Crippen molar-refractivity contribution in [2.45, 2.75) is 51.2 Å². The second-order valence-electron chi connectivity index (χ2n) is 12.4. The predicted molar refractivity (Wildman–Crippen MR) is 178 cm³/mol. The highest BCUT2D eigenvalue weighted by Crippen LogP contribution is 2.42. The minimum Gasteiger partial charge on any atom is -0.387 e. The molecule has 1 aromatic heterocycles. The minimum absolute atomic E-state index is 0.0145. The van der Waals surface area contributed by atoms with Gasteiger partial charge in [-0.25, -0.2) is 9.97 Å². The SMILES string of the molecule is CC(C)N(CCN(C)C(=O)COCCOCCN)CC(C(=O)N1CCN(c2ncnc3c2[C@H](C)C[C@H]3O)CC1)c1ccc(Cl)cc1. The van der Waals surface area contributed by atoms with Crippen LogP contribution in [0.2, 0.25) is 5.02 Å². The van der Waals surface area contributed by atoms with E-state index < -0.39 is 12.0 Å². The van der Waals surface area contributed by atoms with Gasteiger partial charge in [0.1, 0.15) is 18.8 Å². The quantitative estimate of drug-likeness (QED) is 0.258. The van der Waals surface area contributed by atoms with Gasteiger partial charge in [-0.2, -0.15) is 0 Å². The molecule has 0 radical (unpaired) electrons. The molecule has 1 aliphatic carbocycles. The van der Waals surface area contributed by atoms with E-state index in [4.69, 9.17) is 26.8 Å². The van der Waals surface area contributed by atoms with Crippen LogP contribution in [-0.2, 0) is 19.1 Å². The van der Waals surface area contributed by atoms with Crippen LogP contribution in [0.4, 0.5) is 5.82 Å². The summed E-state index contributed by atoms with van der Waals surface area (Å²) in [5.74, 6) is 0.607. The fourth-order valence-corrected chi connectivity index (χ4v) is 6.23. The summed E-state index contributed by atoms with van der Waals surface area (Å²) in [5, 5.41) is 11.1. The van der Waals surface area contributed by atoms with Crippen molar-refractivity contribution in [1.29, 1.82) is 0 Å². The van der Waals surface area contributed by atoms with Gasteiger partial charge in [-0.05, 0) is 43.9 Å². The number of likely N-dealkylation sites (N-methyl/N-ethyl adjacent to an activating group) is 1. The standard InChI is InChI=1S/C33H50ClN7O5/c1-23(2)41(11-10-38(4)29(43)21-46-18-17-45-16-9-35)20-27(25-5-7-26(34)8-6-25)33(44)40-14-12-39(13-15-40)32-30-24(3)19-28(42)31(30)36-22-37-32/h5-8,22-24,27-28,42H,9-21,35H2,1-4H3/t24-,27?,28-/m1/s1. The number of rotatable bonds is 16. The van der Waals surface area contributed by atoms with Gasteiger partial charge < -0.3 is 35.0 Å². The highest BCUT2D eigenvalue weighted by atomic mass is 35.5. The fraction of sp³-hybridized carbons (Fsp3) is 0.636. The Balaban J connectivity index is 1.39. The van der Waals surface area contributed by atoms with E-state index in [1.807, 2.05) is 29.2 Å². The number of piperazine rings is 1. The molecule has 46 heavy (non-hydrogen) atoms. The third-order valence-electron chi connectivity index (χ3n) is 8.90. The summed E-state index contributed by atoms with van der Waals surface area (Å²) in [4.78, 5) is 43.9. The van der Waals surface area contributed by atoms with Crippen molar-refractivity contribution in [2.24, 2.45) is 5.73 Å². The number of anilines is 1. The Morgan fingerprint density at radius 2 is 1.76 bits per heavy atom. The lowest BCUT2D eigenvalue weighted by molar-refractivity contribution is -0.136. The summed E-state index contributed by atoms with van der Waals surface area (Å²) in [5.41, 5.74) is 8.07. The predicted octanol–water partition coefficient (Wildman–Crippen LogP) is 2.26. The third-order valence-corrected chi connectivity index (χ3v) is 9.15. The van der Waals surface area contributed by atoms with Gasteiger partial charge in [-0.3, -0.25) is 14.5 Å². The van der Waals surface area contributed by atoms with Crippen molar-refractivity contribution in [3.8, 4) is 0 Å². The van der Waals surface area contributed by atoms with Crippen LogP contribution in [0.3, 0.4) is 0 Å².